The van der Waals surface area contributed by atoms with Gasteiger partial charge >= 0.3 is 12.2 Å². The minimum absolute atomic E-state index is 0.275. The van der Waals surface area contributed by atoms with Crippen LogP contribution in [0.1, 0.15) is 11.1 Å². The Morgan fingerprint density at radius 1 is 0.571 bits per heavy atom. The predicted molar refractivity (Wildman–Crippen MR) is 105 cm³/mol. The molecule has 0 fully saturated rings. The zero-order chi connectivity index (χ0) is 19.6. The average Bonchev–Trinajstić information content (AvgIpc) is 2.73. The van der Waals surface area contributed by atoms with Crippen molar-refractivity contribution in [2.75, 3.05) is 0 Å². The van der Waals surface area contributed by atoms with Crippen LogP contribution in [0, 0.1) is 0 Å². The first-order valence-corrected chi connectivity index (χ1v) is 8.79. The molecular formula is C22H20N2O4. The van der Waals surface area contributed by atoms with Gasteiger partial charge in [-0.3, -0.25) is 0 Å². The monoisotopic (exact) mass is 376 g/mol. The van der Waals surface area contributed by atoms with Crippen molar-refractivity contribution >= 4 is 12.2 Å². The second-order valence-corrected chi connectivity index (χ2v) is 5.88. The van der Waals surface area contributed by atoms with Gasteiger partial charge in [0.1, 0.15) is 11.5 Å². The summed E-state index contributed by atoms with van der Waals surface area (Å²) in [4.78, 5) is 23.9. The third-order valence-corrected chi connectivity index (χ3v) is 3.87. The summed E-state index contributed by atoms with van der Waals surface area (Å²) in [5.74, 6) is 0.942. The Morgan fingerprint density at radius 2 is 0.929 bits per heavy atom. The lowest BCUT2D eigenvalue weighted by Crippen LogP contribution is -2.29. The number of hydrogen-bond acceptors (Lipinski definition) is 4. The SMILES string of the molecule is O=C(NCc1ccccc1CNC(=O)Oc1ccccc1)Oc1ccccc1. The van der Waals surface area contributed by atoms with Crippen molar-refractivity contribution in [3.63, 3.8) is 0 Å². The highest BCUT2D eigenvalue weighted by Gasteiger charge is 2.09. The maximum Gasteiger partial charge on any atom is 0.412 e. The summed E-state index contributed by atoms with van der Waals surface area (Å²) in [6.07, 6.45) is -1.09. The molecule has 6 heteroatoms. The van der Waals surface area contributed by atoms with Crippen molar-refractivity contribution in [1.82, 2.24) is 10.6 Å². The quantitative estimate of drug-likeness (QED) is 0.674. The van der Waals surface area contributed by atoms with Gasteiger partial charge in [-0.25, -0.2) is 9.59 Å². The number of para-hydroxylation sites is 2. The molecule has 0 aliphatic rings. The third-order valence-electron chi connectivity index (χ3n) is 3.87. The fraction of sp³-hybridized carbons (Fsp3) is 0.0909. The molecular weight excluding hydrogens is 356 g/mol. The van der Waals surface area contributed by atoms with Crippen molar-refractivity contribution in [2.24, 2.45) is 0 Å². The molecule has 2 N–H and O–H groups in total. The number of nitrogens with one attached hydrogen (secondary N) is 2. The van der Waals surface area contributed by atoms with Gasteiger partial charge in [0.15, 0.2) is 0 Å². The number of hydrogen-bond donors (Lipinski definition) is 2. The lowest BCUT2D eigenvalue weighted by molar-refractivity contribution is 0.198. The highest BCUT2D eigenvalue weighted by Crippen LogP contribution is 2.12. The van der Waals surface area contributed by atoms with Crippen molar-refractivity contribution in [2.45, 2.75) is 13.1 Å². The minimum atomic E-state index is -0.544. The largest absolute Gasteiger partial charge is 0.412 e. The van der Waals surface area contributed by atoms with Crippen LogP contribution in [-0.4, -0.2) is 12.2 Å². The second-order valence-electron chi connectivity index (χ2n) is 5.88. The number of amides is 2. The first kappa shape index (κ1) is 19.0. The van der Waals surface area contributed by atoms with Gasteiger partial charge in [0.2, 0.25) is 0 Å². The van der Waals surface area contributed by atoms with E-state index in [9.17, 15) is 9.59 Å². The van der Waals surface area contributed by atoms with E-state index in [0.717, 1.165) is 11.1 Å². The molecule has 3 rings (SSSR count). The fourth-order valence-corrected chi connectivity index (χ4v) is 2.50. The molecule has 142 valence electrons. The van der Waals surface area contributed by atoms with Gasteiger partial charge in [0.05, 0.1) is 0 Å². The normalized spacial score (nSPS) is 10.0. The van der Waals surface area contributed by atoms with E-state index in [4.69, 9.17) is 9.47 Å². The van der Waals surface area contributed by atoms with Crippen LogP contribution in [0.5, 0.6) is 11.5 Å². The van der Waals surface area contributed by atoms with Gasteiger partial charge in [0, 0.05) is 13.1 Å². The van der Waals surface area contributed by atoms with E-state index in [0.29, 0.717) is 11.5 Å². The Bertz CT molecular complexity index is 838. The van der Waals surface area contributed by atoms with Gasteiger partial charge in [0.25, 0.3) is 0 Å². The molecule has 0 radical (unpaired) electrons. The summed E-state index contributed by atoms with van der Waals surface area (Å²) in [6.45, 7) is 0.550. The minimum Gasteiger partial charge on any atom is -0.410 e. The topological polar surface area (TPSA) is 76.7 Å². The Balaban J connectivity index is 1.51. The van der Waals surface area contributed by atoms with Crippen LogP contribution in [0.4, 0.5) is 9.59 Å². The molecule has 28 heavy (non-hydrogen) atoms. The molecule has 0 spiro atoms. The first-order chi connectivity index (χ1) is 13.7. The standard InChI is InChI=1S/C22H20N2O4/c25-21(27-19-11-3-1-4-12-19)23-15-17-9-7-8-10-18(17)16-24-22(26)28-20-13-5-2-6-14-20/h1-14H,15-16H2,(H,23,25)(H,24,26). The van der Waals surface area contributed by atoms with Gasteiger partial charge in [-0.05, 0) is 35.4 Å². The molecule has 3 aromatic carbocycles. The molecule has 0 heterocycles. The third kappa shape index (κ3) is 5.88. The lowest BCUT2D eigenvalue weighted by atomic mass is 10.1. The molecule has 2 amide bonds. The molecule has 6 nitrogen and oxygen atoms in total. The summed E-state index contributed by atoms with van der Waals surface area (Å²) < 4.78 is 10.4. The summed E-state index contributed by atoms with van der Waals surface area (Å²) in [5.41, 5.74) is 1.74. The molecule has 0 aliphatic carbocycles. The molecule has 0 unspecified atom stereocenters. The van der Waals surface area contributed by atoms with Crippen molar-refractivity contribution in [1.29, 1.82) is 0 Å². The number of carbonyl (C=O) groups excluding carboxylic acids is 2. The second kappa shape index (κ2) is 9.78. The summed E-state index contributed by atoms with van der Waals surface area (Å²) >= 11 is 0. The maximum absolute atomic E-state index is 11.9. The van der Waals surface area contributed by atoms with Crippen LogP contribution in [0.3, 0.4) is 0 Å². The summed E-state index contributed by atoms with van der Waals surface area (Å²) in [5, 5.41) is 5.42. The highest BCUT2D eigenvalue weighted by molar-refractivity contribution is 5.71. The van der Waals surface area contributed by atoms with E-state index < -0.39 is 12.2 Å². The van der Waals surface area contributed by atoms with E-state index in [1.165, 1.54) is 0 Å². The number of carbonyl (C=O) groups is 2. The molecule has 0 saturated heterocycles. The predicted octanol–water partition coefficient (Wildman–Crippen LogP) is 4.26. The van der Waals surface area contributed by atoms with E-state index in [1.54, 1.807) is 48.5 Å². The summed E-state index contributed by atoms with van der Waals surface area (Å²) in [7, 11) is 0. The Morgan fingerprint density at radius 3 is 1.32 bits per heavy atom. The fourth-order valence-electron chi connectivity index (χ4n) is 2.50. The molecule has 3 aromatic rings. The van der Waals surface area contributed by atoms with Crippen LogP contribution < -0.4 is 20.1 Å². The van der Waals surface area contributed by atoms with E-state index in [2.05, 4.69) is 10.6 Å². The van der Waals surface area contributed by atoms with Crippen molar-refractivity contribution < 1.29 is 19.1 Å². The molecule has 0 aromatic heterocycles. The van der Waals surface area contributed by atoms with Gasteiger partial charge in [-0.1, -0.05) is 60.7 Å². The number of rotatable bonds is 6. The smallest absolute Gasteiger partial charge is 0.410 e. The molecule has 0 atom stereocenters. The Kier molecular flexibility index (Phi) is 6.62. The lowest BCUT2D eigenvalue weighted by Gasteiger charge is -2.12. The van der Waals surface area contributed by atoms with Gasteiger partial charge < -0.3 is 20.1 Å². The van der Waals surface area contributed by atoms with Crippen molar-refractivity contribution in [3.8, 4) is 11.5 Å². The first-order valence-electron chi connectivity index (χ1n) is 8.79. The van der Waals surface area contributed by atoms with Gasteiger partial charge in [-0.15, -0.1) is 0 Å². The highest BCUT2D eigenvalue weighted by atomic mass is 16.6. The van der Waals surface area contributed by atoms with Crippen LogP contribution in [0.25, 0.3) is 0 Å². The molecule has 0 bridgehead atoms. The number of benzene rings is 3. The van der Waals surface area contributed by atoms with Crippen molar-refractivity contribution in [3.05, 3.63) is 96.1 Å². The van der Waals surface area contributed by atoms with Crippen LogP contribution >= 0.6 is 0 Å². The van der Waals surface area contributed by atoms with E-state index >= 15 is 0 Å². The Hall–Kier alpha value is -3.80. The Labute approximate surface area is 163 Å². The van der Waals surface area contributed by atoms with Gasteiger partial charge in [-0.2, -0.15) is 0 Å². The van der Waals surface area contributed by atoms with E-state index in [1.807, 2.05) is 36.4 Å². The zero-order valence-electron chi connectivity index (χ0n) is 15.1. The summed E-state index contributed by atoms with van der Waals surface area (Å²) in [6, 6.07) is 25.2. The number of ether oxygens (including phenoxy) is 2. The van der Waals surface area contributed by atoms with Crippen LogP contribution in [-0.2, 0) is 13.1 Å². The average molecular weight is 376 g/mol. The zero-order valence-corrected chi connectivity index (χ0v) is 15.1. The van der Waals surface area contributed by atoms with Crippen LogP contribution in [0.2, 0.25) is 0 Å². The molecule has 0 saturated carbocycles. The molecule has 0 aliphatic heterocycles. The van der Waals surface area contributed by atoms with E-state index in [-0.39, 0.29) is 13.1 Å². The maximum atomic E-state index is 11.9. The van der Waals surface area contributed by atoms with Crippen LogP contribution in [0.15, 0.2) is 84.9 Å².